The van der Waals surface area contributed by atoms with E-state index in [9.17, 15) is 22.8 Å². The molecule has 1 aromatic carbocycles. The molecule has 0 aliphatic carbocycles. The second-order valence-corrected chi connectivity index (χ2v) is 7.01. The number of carbonyl (C=O) groups excluding carboxylic acids is 1. The lowest BCUT2D eigenvalue weighted by atomic mass is 10.0. The van der Waals surface area contributed by atoms with Crippen LogP contribution in [0, 0.1) is 6.92 Å². The first kappa shape index (κ1) is 21.2. The molecule has 0 radical (unpaired) electrons. The molecule has 0 aliphatic rings. The van der Waals surface area contributed by atoms with Gasteiger partial charge in [-0.2, -0.15) is 13.2 Å². The van der Waals surface area contributed by atoms with Crippen molar-refractivity contribution in [2.75, 3.05) is 11.9 Å². The molecule has 164 valence electrons. The largest absolute Gasteiger partial charge is 0.416 e. The molecule has 0 bridgehead atoms. The van der Waals surface area contributed by atoms with E-state index in [2.05, 4.69) is 20.4 Å². The maximum absolute atomic E-state index is 12.9. The first-order valence-electron chi connectivity index (χ1n) is 9.43. The topological polar surface area (TPSA) is 118 Å². The lowest BCUT2D eigenvalue weighted by Gasteiger charge is -2.08. The minimum absolute atomic E-state index is 0.183. The number of halogens is 3. The number of aromatic amines is 1. The fraction of sp³-hybridized carbons (Fsp3) is 0.143. The van der Waals surface area contributed by atoms with Crippen molar-refractivity contribution < 1.29 is 18.0 Å². The molecule has 11 heteroatoms. The van der Waals surface area contributed by atoms with Crippen molar-refractivity contribution in [1.29, 1.82) is 0 Å². The number of amides is 1. The molecule has 0 aliphatic heterocycles. The van der Waals surface area contributed by atoms with Gasteiger partial charge >= 0.3 is 6.18 Å². The summed E-state index contributed by atoms with van der Waals surface area (Å²) in [5.74, 6) is -0.100. The standard InChI is InChI=1S/C21H17F3N6O2/c1-11-19(12-2-5-14(6-3-12)21(22,23)24)20-27-15(8-18(32)30(20)29-11)13-4-7-16(26-10-13)28-17(31)9-25/h2-8,10,29H,9,25H2,1H3,(H,26,28,31). The molecule has 8 nitrogen and oxygen atoms in total. The summed E-state index contributed by atoms with van der Waals surface area (Å²) in [6.45, 7) is 1.52. The molecule has 32 heavy (non-hydrogen) atoms. The van der Waals surface area contributed by atoms with Gasteiger partial charge in [-0.25, -0.2) is 14.5 Å². The van der Waals surface area contributed by atoms with E-state index in [-0.39, 0.29) is 12.2 Å². The quantitative estimate of drug-likeness (QED) is 0.449. The molecule has 0 atom stereocenters. The molecule has 4 aromatic rings. The number of hydrogen-bond donors (Lipinski definition) is 3. The highest BCUT2D eigenvalue weighted by molar-refractivity contribution is 5.91. The number of anilines is 1. The zero-order chi connectivity index (χ0) is 23.0. The van der Waals surface area contributed by atoms with E-state index in [4.69, 9.17) is 5.73 Å². The van der Waals surface area contributed by atoms with Crippen molar-refractivity contribution in [2.45, 2.75) is 13.1 Å². The number of rotatable bonds is 4. The van der Waals surface area contributed by atoms with Crippen molar-refractivity contribution in [3.8, 4) is 22.4 Å². The number of nitrogens with two attached hydrogens (primary N) is 1. The van der Waals surface area contributed by atoms with E-state index in [1.807, 2.05) is 0 Å². The van der Waals surface area contributed by atoms with E-state index in [1.54, 1.807) is 19.1 Å². The Bertz CT molecular complexity index is 1360. The van der Waals surface area contributed by atoms with Crippen LogP contribution in [0.15, 0.2) is 53.5 Å². The summed E-state index contributed by atoms with van der Waals surface area (Å²) in [5, 5.41) is 5.41. The van der Waals surface area contributed by atoms with Gasteiger partial charge in [0.05, 0.1) is 17.8 Å². The SMILES string of the molecule is Cc1[nH]n2c(=O)cc(-c3ccc(NC(=O)CN)nc3)nc2c1-c1ccc(C(F)(F)F)cc1. The minimum Gasteiger partial charge on any atom is -0.322 e. The Kier molecular flexibility index (Phi) is 5.26. The van der Waals surface area contributed by atoms with Gasteiger partial charge in [-0.1, -0.05) is 12.1 Å². The number of H-pyrrole nitrogens is 1. The third-order valence-electron chi connectivity index (χ3n) is 4.81. The van der Waals surface area contributed by atoms with Crippen LogP contribution in [-0.2, 0) is 11.0 Å². The summed E-state index contributed by atoms with van der Waals surface area (Å²) >= 11 is 0. The van der Waals surface area contributed by atoms with E-state index in [1.165, 1.54) is 28.9 Å². The van der Waals surface area contributed by atoms with Crippen LogP contribution in [0.5, 0.6) is 0 Å². The lowest BCUT2D eigenvalue weighted by molar-refractivity contribution is -0.137. The molecule has 3 aromatic heterocycles. The monoisotopic (exact) mass is 442 g/mol. The molecular weight excluding hydrogens is 425 g/mol. The first-order chi connectivity index (χ1) is 15.2. The van der Waals surface area contributed by atoms with Gasteiger partial charge in [0.1, 0.15) is 5.82 Å². The third kappa shape index (κ3) is 3.97. The Morgan fingerprint density at radius 1 is 1.16 bits per heavy atom. The van der Waals surface area contributed by atoms with Crippen molar-refractivity contribution >= 4 is 17.4 Å². The van der Waals surface area contributed by atoms with Crippen LogP contribution in [0.1, 0.15) is 11.3 Å². The van der Waals surface area contributed by atoms with Crippen LogP contribution in [-0.4, -0.2) is 32.0 Å². The predicted octanol–water partition coefficient (Wildman–Crippen LogP) is 2.98. The fourth-order valence-electron chi connectivity index (χ4n) is 3.28. The number of nitrogens with zero attached hydrogens (tertiary/aromatic N) is 3. The summed E-state index contributed by atoms with van der Waals surface area (Å²) in [6, 6.07) is 9.15. The van der Waals surface area contributed by atoms with Crippen molar-refractivity contribution in [3.05, 3.63) is 70.3 Å². The van der Waals surface area contributed by atoms with E-state index in [0.717, 1.165) is 12.1 Å². The Labute approximate surface area is 178 Å². The highest BCUT2D eigenvalue weighted by atomic mass is 19.4. The van der Waals surface area contributed by atoms with Gasteiger partial charge in [0.25, 0.3) is 5.56 Å². The van der Waals surface area contributed by atoms with Crippen molar-refractivity contribution in [2.24, 2.45) is 5.73 Å². The molecule has 0 saturated heterocycles. The number of aromatic nitrogens is 4. The molecule has 4 N–H and O–H groups in total. The second-order valence-electron chi connectivity index (χ2n) is 7.01. The maximum atomic E-state index is 12.9. The summed E-state index contributed by atoms with van der Waals surface area (Å²) in [5.41, 5.74) is 6.78. The number of aryl methyl sites for hydroxylation is 1. The Morgan fingerprint density at radius 2 is 1.84 bits per heavy atom. The van der Waals surface area contributed by atoms with Gasteiger partial charge in [-0.15, -0.1) is 0 Å². The average molecular weight is 442 g/mol. The summed E-state index contributed by atoms with van der Waals surface area (Å²) in [7, 11) is 0. The first-order valence-corrected chi connectivity index (χ1v) is 9.43. The van der Waals surface area contributed by atoms with Crippen LogP contribution in [0.3, 0.4) is 0 Å². The molecule has 0 saturated carbocycles. The smallest absolute Gasteiger partial charge is 0.322 e. The van der Waals surface area contributed by atoms with Gasteiger partial charge in [-0.3, -0.25) is 14.7 Å². The number of carbonyl (C=O) groups is 1. The highest BCUT2D eigenvalue weighted by Gasteiger charge is 2.30. The van der Waals surface area contributed by atoms with Crippen LogP contribution in [0.2, 0.25) is 0 Å². The summed E-state index contributed by atoms with van der Waals surface area (Å²) in [6.07, 6.45) is -3.00. The lowest BCUT2D eigenvalue weighted by Crippen LogP contribution is -2.22. The summed E-state index contributed by atoms with van der Waals surface area (Å²) < 4.78 is 40.0. The Hall–Kier alpha value is -3.99. The molecule has 3 heterocycles. The number of alkyl halides is 3. The highest BCUT2D eigenvalue weighted by Crippen LogP contribution is 2.33. The molecule has 0 unspecified atom stereocenters. The van der Waals surface area contributed by atoms with Gasteiger partial charge in [-0.05, 0) is 36.8 Å². The van der Waals surface area contributed by atoms with E-state index >= 15 is 0 Å². The Morgan fingerprint density at radius 3 is 2.44 bits per heavy atom. The molecule has 0 fully saturated rings. The zero-order valence-electron chi connectivity index (χ0n) is 16.7. The van der Waals surface area contributed by atoms with E-state index in [0.29, 0.717) is 33.9 Å². The minimum atomic E-state index is -4.45. The van der Waals surface area contributed by atoms with Crippen LogP contribution >= 0.6 is 0 Å². The maximum Gasteiger partial charge on any atom is 0.416 e. The zero-order valence-corrected chi connectivity index (χ0v) is 16.7. The number of fused-ring (bicyclic) bond motifs is 1. The van der Waals surface area contributed by atoms with Crippen molar-refractivity contribution in [1.82, 2.24) is 19.6 Å². The van der Waals surface area contributed by atoms with E-state index < -0.39 is 23.2 Å². The molecular formula is C21H17F3N6O2. The van der Waals surface area contributed by atoms with Crippen LogP contribution in [0.25, 0.3) is 28.0 Å². The predicted molar refractivity (Wildman–Crippen MR) is 112 cm³/mol. The average Bonchev–Trinajstić information content (AvgIpc) is 3.10. The number of hydrogen-bond acceptors (Lipinski definition) is 5. The second kappa shape index (κ2) is 7.93. The van der Waals surface area contributed by atoms with Gasteiger partial charge < -0.3 is 11.1 Å². The normalized spacial score (nSPS) is 11.7. The molecule has 4 rings (SSSR count). The van der Waals surface area contributed by atoms with Gasteiger partial charge in [0.2, 0.25) is 5.91 Å². The molecule has 0 spiro atoms. The van der Waals surface area contributed by atoms with Crippen molar-refractivity contribution in [3.63, 3.8) is 0 Å². The van der Waals surface area contributed by atoms with Crippen LogP contribution < -0.4 is 16.6 Å². The Balaban J connectivity index is 1.78. The van der Waals surface area contributed by atoms with Gasteiger partial charge in [0.15, 0.2) is 5.65 Å². The third-order valence-corrected chi connectivity index (χ3v) is 4.81. The molecule has 1 amide bonds. The number of pyridine rings is 1. The number of nitrogens with one attached hydrogen (secondary N) is 2. The van der Waals surface area contributed by atoms with Crippen LogP contribution in [0.4, 0.5) is 19.0 Å². The number of benzene rings is 1. The van der Waals surface area contributed by atoms with Gasteiger partial charge in [0, 0.05) is 29.1 Å². The fourth-order valence-corrected chi connectivity index (χ4v) is 3.28. The summed E-state index contributed by atoms with van der Waals surface area (Å²) in [4.78, 5) is 32.7.